The summed E-state index contributed by atoms with van der Waals surface area (Å²) in [6.07, 6.45) is 0.226. The normalized spacial score (nSPS) is 13.9. The number of carbonyl (C=O) groups is 2. The average Bonchev–Trinajstić information content (AvgIpc) is 2.65. The summed E-state index contributed by atoms with van der Waals surface area (Å²) in [5.74, 6) is -0.534. The molecule has 0 unspecified atom stereocenters. The molecule has 3 N–H and O–H groups in total. The maximum atomic E-state index is 12.7. The van der Waals surface area contributed by atoms with Crippen LogP contribution in [0.3, 0.4) is 0 Å². The fourth-order valence-corrected chi connectivity index (χ4v) is 3.11. The minimum Gasteiger partial charge on any atom is -0.362 e. The zero-order valence-electron chi connectivity index (χ0n) is 15.4. The van der Waals surface area contributed by atoms with E-state index in [2.05, 4.69) is 16.0 Å². The maximum Gasteiger partial charge on any atom is 0.253 e. The summed E-state index contributed by atoms with van der Waals surface area (Å²) in [5.41, 5.74) is 3.70. The van der Waals surface area contributed by atoms with Crippen molar-refractivity contribution >= 4 is 46.4 Å². The lowest BCUT2D eigenvalue weighted by Crippen LogP contribution is -2.29. The van der Waals surface area contributed by atoms with Crippen LogP contribution in [0.25, 0.3) is 0 Å². The first-order valence-electron chi connectivity index (χ1n) is 8.64. The van der Waals surface area contributed by atoms with Crippen LogP contribution in [0.15, 0.2) is 71.1 Å². The molecule has 0 saturated heterocycles. The van der Waals surface area contributed by atoms with Crippen LogP contribution in [-0.4, -0.2) is 11.8 Å². The average molecular weight is 416 g/mol. The molecular formula is C21H19Cl2N3O2. The number of carbonyl (C=O) groups excluding carboxylic acids is 2. The number of benzene rings is 2. The molecule has 5 nitrogen and oxygen atoms in total. The third-order valence-corrected chi connectivity index (χ3v) is 4.89. The first-order valence-corrected chi connectivity index (χ1v) is 9.39. The van der Waals surface area contributed by atoms with Crippen molar-refractivity contribution < 1.29 is 9.59 Å². The zero-order valence-corrected chi connectivity index (χ0v) is 16.9. The molecule has 0 atom stereocenters. The fraction of sp³-hybridized carbons (Fsp3) is 0.143. The van der Waals surface area contributed by atoms with Crippen molar-refractivity contribution in [3.8, 4) is 0 Å². The first-order chi connectivity index (χ1) is 13.3. The molecule has 0 spiro atoms. The molecule has 2 amide bonds. The molecule has 1 aliphatic heterocycles. The molecule has 1 heterocycles. The van der Waals surface area contributed by atoms with E-state index in [0.29, 0.717) is 44.0 Å². The van der Waals surface area contributed by atoms with Gasteiger partial charge < -0.3 is 16.0 Å². The highest BCUT2D eigenvalue weighted by atomic mass is 35.5. The van der Waals surface area contributed by atoms with Gasteiger partial charge in [0, 0.05) is 50.4 Å². The van der Waals surface area contributed by atoms with Gasteiger partial charge in [0.2, 0.25) is 0 Å². The molecule has 2 aromatic rings. The van der Waals surface area contributed by atoms with Crippen molar-refractivity contribution in [2.75, 3.05) is 10.6 Å². The zero-order chi connectivity index (χ0) is 20.3. The molecular weight excluding hydrogens is 397 g/mol. The third-order valence-electron chi connectivity index (χ3n) is 4.39. The number of halogens is 2. The molecule has 1 aliphatic rings. The summed E-state index contributed by atoms with van der Waals surface area (Å²) >= 11 is 11.8. The van der Waals surface area contributed by atoms with Gasteiger partial charge in [-0.2, -0.15) is 0 Å². The second-order valence-electron chi connectivity index (χ2n) is 6.43. The molecule has 3 rings (SSSR count). The summed E-state index contributed by atoms with van der Waals surface area (Å²) in [4.78, 5) is 25.4. The summed E-state index contributed by atoms with van der Waals surface area (Å²) < 4.78 is 0. The number of amides is 2. The predicted octanol–water partition coefficient (Wildman–Crippen LogP) is 5.11. The van der Waals surface area contributed by atoms with E-state index in [1.54, 1.807) is 48.5 Å². The number of anilines is 2. The summed E-state index contributed by atoms with van der Waals surface area (Å²) in [6.45, 7) is 3.63. The van der Waals surface area contributed by atoms with Crippen molar-refractivity contribution in [3.63, 3.8) is 0 Å². The molecule has 144 valence electrons. The molecule has 0 saturated carbocycles. The largest absolute Gasteiger partial charge is 0.362 e. The maximum absolute atomic E-state index is 12.7. The van der Waals surface area contributed by atoms with Gasteiger partial charge in [-0.25, -0.2) is 0 Å². The number of rotatable bonds is 4. The van der Waals surface area contributed by atoms with Crippen molar-refractivity contribution in [2.45, 2.75) is 20.3 Å². The van der Waals surface area contributed by atoms with E-state index in [1.807, 2.05) is 13.8 Å². The molecule has 0 aliphatic carbocycles. The second kappa shape index (κ2) is 8.50. The van der Waals surface area contributed by atoms with Gasteiger partial charge in [0.25, 0.3) is 11.8 Å². The van der Waals surface area contributed by atoms with Crippen LogP contribution in [0, 0.1) is 0 Å². The van der Waals surface area contributed by atoms with Gasteiger partial charge in [-0.1, -0.05) is 23.2 Å². The Labute approximate surface area is 173 Å². The smallest absolute Gasteiger partial charge is 0.253 e. The van der Waals surface area contributed by atoms with E-state index in [0.717, 1.165) is 0 Å². The monoisotopic (exact) mass is 415 g/mol. The van der Waals surface area contributed by atoms with Gasteiger partial charge in [-0.15, -0.1) is 0 Å². The first kappa shape index (κ1) is 20.0. The Hall–Kier alpha value is -2.76. The van der Waals surface area contributed by atoms with E-state index in [1.165, 1.54) is 0 Å². The van der Waals surface area contributed by atoms with E-state index < -0.39 is 0 Å². The second-order valence-corrected chi connectivity index (χ2v) is 7.30. The molecule has 2 aromatic carbocycles. The number of hydrogen-bond donors (Lipinski definition) is 3. The number of hydrogen-bond acceptors (Lipinski definition) is 3. The lowest BCUT2D eigenvalue weighted by atomic mass is 9.96. The molecule has 7 heteroatoms. The third kappa shape index (κ3) is 4.74. The van der Waals surface area contributed by atoms with E-state index >= 15 is 0 Å². The summed E-state index contributed by atoms with van der Waals surface area (Å²) in [6, 6.07) is 13.7. The van der Waals surface area contributed by atoms with E-state index in [-0.39, 0.29) is 18.2 Å². The Balaban J connectivity index is 1.73. The highest BCUT2D eigenvalue weighted by Crippen LogP contribution is 2.26. The highest BCUT2D eigenvalue weighted by molar-refractivity contribution is 6.31. The number of nitrogens with one attached hydrogen (secondary N) is 3. The van der Waals surface area contributed by atoms with Crippen LogP contribution in [0.5, 0.6) is 0 Å². The van der Waals surface area contributed by atoms with Gasteiger partial charge in [0.1, 0.15) is 0 Å². The molecule has 0 aromatic heterocycles. The number of dihydropyridines is 1. The standard InChI is InChI=1S/C21H19Cl2N3O2/c1-12-18(20(27)25-16-7-3-14(22)4-8-16)11-19(13(2)24-12)21(28)26-17-9-5-15(23)6-10-17/h3-10,24H,11H2,1-2H3,(H,25,27)(H,26,28). The number of allylic oxidation sites excluding steroid dienone is 2. The lowest BCUT2D eigenvalue weighted by Gasteiger charge is -2.23. The van der Waals surface area contributed by atoms with Gasteiger partial charge >= 0.3 is 0 Å². The summed E-state index contributed by atoms with van der Waals surface area (Å²) in [7, 11) is 0. The topological polar surface area (TPSA) is 70.2 Å². The van der Waals surface area contributed by atoms with Crippen LogP contribution in [0.1, 0.15) is 20.3 Å². The Morgan fingerprint density at radius 3 is 1.46 bits per heavy atom. The van der Waals surface area contributed by atoms with E-state index in [4.69, 9.17) is 23.2 Å². The van der Waals surface area contributed by atoms with Crippen LogP contribution in [-0.2, 0) is 9.59 Å². The molecule has 28 heavy (non-hydrogen) atoms. The minimum absolute atomic E-state index is 0.226. The Kier molecular flexibility index (Phi) is 6.07. The summed E-state index contributed by atoms with van der Waals surface area (Å²) in [5, 5.41) is 9.98. The Bertz CT molecular complexity index is 898. The van der Waals surface area contributed by atoms with Gasteiger partial charge in [-0.05, 0) is 62.4 Å². The molecule has 0 fully saturated rings. The van der Waals surface area contributed by atoms with Gasteiger partial charge in [0.15, 0.2) is 0 Å². The predicted molar refractivity (Wildman–Crippen MR) is 113 cm³/mol. The quantitative estimate of drug-likeness (QED) is 0.649. The van der Waals surface area contributed by atoms with Gasteiger partial charge in [-0.3, -0.25) is 9.59 Å². The molecule has 0 radical (unpaired) electrons. The van der Waals surface area contributed by atoms with Crippen LogP contribution >= 0.6 is 23.2 Å². The van der Waals surface area contributed by atoms with Crippen molar-refractivity contribution in [2.24, 2.45) is 0 Å². The minimum atomic E-state index is -0.267. The Morgan fingerprint density at radius 1 is 0.750 bits per heavy atom. The lowest BCUT2D eigenvalue weighted by molar-refractivity contribution is -0.113. The SMILES string of the molecule is CC1=C(C(=O)Nc2ccc(Cl)cc2)CC(C(=O)Nc2ccc(Cl)cc2)=C(C)N1. The highest BCUT2D eigenvalue weighted by Gasteiger charge is 2.25. The molecule has 0 bridgehead atoms. The van der Waals surface area contributed by atoms with Crippen LogP contribution in [0.2, 0.25) is 10.0 Å². The fourth-order valence-electron chi connectivity index (χ4n) is 2.85. The van der Waals surface area contributed by atoms with E-state index in [9.17, 15) is 9.59 Å². The van der Waals surface area contributed by atoms with Crippen molar-refractivity contribution in [1.82, 2.24) is 5.32 Å². The van der Waals surface area contributed by atoms with Gasteiger partial charge in [0.05, 0.1) is 0 Å². The van der Waals surface area contributed by atoms with Crippen LogP contribution < -0.4 is 16.0 Å². The van der Waals surface area contributed by atoms with Crippen molar-refractivity contribution in [3.05, 3.63) is 81.1 Å². The van der Waals surface area contributed by atoms with Crippen molar-refractivity contribution in [1.29, 1.82) is 0 Å². The van der Waals surface area contributed by atoms with Crippen LogP contribution in [0.4, 0.5) is 11.4 Å². The Morgan fingerprint density at radius 2 is 1.11 bits per heavy atom.